The smallest absolute Gasteiger partial charge is 0.293 e. The van der Waals surface area contributed by atoms with Gasteiger partial charge < -0.3 is 19.6 Å². The van der Waals surface area contributed by atoms with Gasteiger partial charge in [0.2, 0.25) is 5.75 Å². The number of aromatic amines is 1. The third-order valence-electron chi connectivity index (χ3n) is 7.34. The molecule has 2 aliphatic rings. The molecule has 5 rings (SSSR count). The molecule has 2 saturated heterocycles. The number of likely N-dealkylation sites (tertiary alicyclic amines) is 1. The van der Waals surface area contributed by atoms with Crippen molar-refractivity contribution in [2.45, 2.75) is 25.0 Å². The molecule has 0 spiro atoms. The van der Waals surface area contributed by atoms with E-state index in [2.05, 4.69) is 43.7 Å². The van der Waals surface area contributed by atoms with E-state index in [0.29, 0.717) is 17.7 Å². The number of aromatic hydroxyl groups is 1. The van der Waals surface area contributed by atoms with Gasteiger partial charge in [-0.05, 0) is 35.4 Å². The molecule has 3 aromatic rings. The van der Waals surface area contributed by atoms with Gasteiger partial charge in [-0.1, -0.05) is 30.0 Å². The largest absolute Gasteiger partial charge is 0.502 e. The molecule has 9 heteroatoms. The van der Waals surface area contributed by atoms with E-state index in [0.717, 1.165) is 51.5 Å². The molecule has 0 radical (unpaired) electrons. The molecular weight excluding hydrogens is 499 g/mol. The summed E-state index contributed by atoms with van der Waals surface area (Å²) in [4.78, 5) is 22.9. The topological polar surface area (TPSA) is 90.9 Å². The summed E-state index contributed by atoms with van der Waals surface area (Å²) in [5.74, 6) is 5.08. The van der Waals surface area contributed by atoms with Gasteiger partial charge in [-0.3, -0.25) is 14.6 Å². The van der Waals surface area contributed by atoms with Gasteiger partial charge in [-0.2, -0.15) is 0 Å². The summed E-state index contributed by atoms with van der Waals surface area (Å²) in [6, 6.07) is 13.1. The van der Waals surface area contributed by atoms with Gasteiger partial charge in [0.1, 0.15) is 5.82 Å². The number of hydrogen-bond acceptors (Lipinski definition) is 7. The molecule has 0 bridgehead atoms. The summed E-state index contributed by atoms with van der Waals surface area (Å²) in [6.45, 7) is 6.37. The minimum atomic E-state index is -0.609. The van der Waals surface area contributed by atoms with Crippen LogP contribution in [-0.2, 0) is 22.4 Å². The molecule has 39 heavy (non-hydrogen) atoms. The Morgan fingerprint density at radius 3 is 2.56 bits per heavy atom. The lowest BCUT2D eigenvalue weighted by atomic mass is 9.90. The molecule has 2 N–H and O–H groups in total. The molecule has 1 aromatic heterocycles. The Balaban J connectivity index is 1.29. The summed E-state index contributed by atoms with van der Waals surface area (Å²) >= 11 is 0. The van der Waals surface area contributed by atoms with Gasteiger partial charge in [-0.15, -0.1) is 0 Å². The molecule has 2 aliphatic heterocycles. The number of halogens is 1. The second-order valence-electron chi connectivity index (χ2n) is 10.1. The van der Waals surface area contributed by atoms with E-state index < -0.39 is 11.3 Å². The number of nitrogens with zero attached hydrogens (tertiary/aromatic N) is 3. The van der Waals surface area contributed by atoms with Crippen LogP contribution in [0.2, 0.25) is 0 Å². The third kappa shape index (κ3) is 6.91. The summed E-state index contributed by atoms with van der Waals surface area (Å²) in [6.07, 6.45) is 1.64. The van der Waals surface area contributed by atoms with Crippen molar-refractivity contribution in [2.75, 3.05) is 53.0 Å². The minimum Gasteiger partial charge on any atom is -0.502 e. The predicted octanol–water partition coefficient (Wildman–Crippen LogP) is 2.50. The first-order chi connectivity index (χ1) is 19.0. The Kier molecular flexibility index (Phi) is 8.69. The number of H-pyrrole nitrogens is 1. The Hall–Kier alpha value is -3.55. The molecule has 1 atom stereocenters. The van der Waals surface area contributed by atoms with Crippen LogP contribution in [0.4, 0.5) is 4.39 Å². The van der Waals surface area contributed by atoms with Crippen molar-refractivity contribution in [3.05, 3.63) is 92.9 Å². The number of ether oxygens (including phenoxy) is 2. The van der Waals surface area contributed by atoms with Crippen LogP contribution in [0.3, 0.4) is 0 Å². The molecule has 204 valence electrons. The van der Waals surface area contributed by atoms with Gasteiger partial charge in [0.25, 0.3) is 5.56 Å². The quantitative estimate of drug-likeness (QED) is 0.431. The molecular formula is C30H33FN4O4. The number of methoxy groups -OCH3 is 1. The monoisotopic (exact) mass is 532 g/mol. The van der Waals surface area contributed by atoms with E-state index in [4.69, 9.17) is 9.47 Å². The molecule has 2 aromatic carbocycles. The number of nitrogens with one attached hydrogen (secondary N) is 1. The van der Waals surface area contributed by atoms with Gasteiger partial charge in [-0.25, -0.2) is 9.37 Å². The molecule has 8 nitrogen and oxygen atoms in total. The summed E-state index contributed by atoms with van der Waals surface area (Å²) in [5.41, 5.74) is 2.80. The second kappa shape index (κ2) is 12.5. The van der Waals surface area contributed by atoms with Gasteiger partial charge in [0.05, 0.1) is 31.3 Å². The molecule has 2 fully saturated rings. The van der Waals surface area contributed by atoms with Crippen LogP contribution in [0.5, 0.6) is 5.75 Å². The average Bonchev–Trinajstić information content (AvgIpc) is 2.92. The summed E-state index contributed by atoms with van der Waals surface area (Å²) in [7, 11) is 1.68. The zero-order valence-corrected chi connectivity index (χ0v) is 22.0. The number of hydrogen-bond donors (Lipinski definition) is 2. The lowest BCUT2D eigenvalue weighted by molar-refractivity contribution is -0.0318. The van der Waals surface area contributed by atoms with Crippen molar-refractivity contribution in [3.63, 3.8) is 0 Å². The first-order valence-corrected chi connectivity index (χ1v) is 13.2. The maximum Gasteiger partial charge on any atom is 0.293 e. The highest BCUT2D eigenvalue weighted by Gasteiger charge is 2.30. The van der Waals surface area contributed by atoms with Crippen molar-refractivity contribution in [1.82, 2.24) is 19.8 Å². The van der Waals surface area contributed by atoms with Crippen LogP contribution in [-0.4, -0.2) is 84.0 Å². The number of rotatable bonds is 8. The van der Waals surface area contributed by atoms with E-state index >= 15 is 4.39 Å². The molecule has 0 saturated carbocycles. The highest BCUT2D eigenvalue weighted by molar-refractivity contribution is 5.45. The first-order valence-electron chi connectivity index (χ1n) is 13.2. The number of benzene rings is 2. The van der Waals surface area contributed by atoms with Gasteiger partial charge in [0, 0.05) is 69.8 Å². The highest BCUT2D eigenvalue weighted by Crippen LogP contribution is 2.28. The van der Waals surface area contributed by atoms with Gasteiger partial charge >= 0.3 is 0 Å². The average molecular weight is 533 g/mol. The first kappa shape index (κ1) is 27.0. The summed E-state index contributed by atoms with van der Waals surface area (Å²) in [5, 5.41) is 10.2. The van der Waals surface area contributed by atoms with Crippen molar-refractivity contribution in [2.24, 2.45) is 0 Å². The second-order valence-corrected chi connectivity index (χ2v) is 10.1. The van der Waals surface area contributed by atoms with E-state index in [1.54, 1.807) is 13.2 Å². The van der Waals surface area contributed by atoms with Crippen LogP contribution < -0.4 is 5.56 Å². The Morgan fingerprint density at radius 1 is 1.13 bits per heavy atom. The molecule has 3 heterocycles. The Labute approximate surface area is 227 Å². The zero-order chi connectivity index (χ0) is 27.2. The maximum absolute atomic E-state index is 15.4. The fourth-order valence-corrected chi connectivity index (χ4v) is 5.01. The standard InChI is InChI=1S/C30H33FN4O4/c1-38-25-18-35(19-25)17-24(15-28-29(36)30(37)33-20-32-28)26-9-8-22(14-27(26)31)5-2-21-3-6-23(7-4-21)16-34-10-12-39-13-11-34/h3-4,6-9,14,20,24-25,36H,10-13,15-19H2,1H3,(H,32,33,37)/t24-/m0/s1. The molecule has 0 amide bonds. The van der Waals surface area contributed by atoms with Gasteiger partial charge in [0.15, 0.2) is 0 Å². The van der Waals surface area contributed by atoms with Crippen LogP contribution in [0, 0.1) is 17.7 Å². The zero-order valence-electron chi connectivity index (χ0n) is 22.0. The number of aromatic nitrogens is 2. The van der Waals surface area contributed by atoms with Crippen molar-refractivity contribution in [1.29, 1.82) is 0 Å². The van der Waals surface area contributed by atoms with Crippen LogP contribution >= 0.6 is 0 Å². The Bertz CT molecular complexity index is 1390. The van der Waals surface area contributed by atoms with Crippen molar-refractivity contribution in [3.8, 4) is 17.6 Å². The third-order valence-corrected chi connectivity index (χ3v) is 7.34. The SMILES string of the molecule is COC1CN(C[C@H](Cc2nc[nH]c(=O)c2O)c2ccc(C#Cc3ccc(CN4CCOCC4)cc3)cc2F)C1. The maximum atomic E-state index is 15.4. The van der Waals surface area contributed by atoms with Crippen LogP contribution in [0.25, 0.3) is 0 Å². The van der Waals surface area contributed by atoms with Crippen molar-refractivity contribution < 1.29 is 19.0 Å². The molecule has 0 unspecified atom stereocenters. The fourth-order valence-electron chi connectivity index (χ4n) is 5.01. The van der Waals surface area contributed by atoms with Crippen molar-refractivity contribution >= 4 is 0 Å². The van der Waals surface area contributed by atoms with Crippen LogP contribution in [0.15, 0.2) is 53.6 Å². The number of morpholine rings is 1. The fraction of sp³-hybridized carbons (Fsp3) is 0.400. The van der Waals surface area contributed by atoms with E-state index in [1.165, 1.54) is 18.0 Å². The normalized spacial score (nSPS) is 17.3. The predicted molar refractivity (Wildman–Crippen MR) is 145 cm³/mol. The van der Waals surface area contributed by atoms with Crippen LogP contribution in [0.1, 0.15) is 33.9 Å². The molecule has 0 aliphatic carbocycles. The van der Waals surface area contributed by atoms with E-state index in [1.807, 2.05) is 18.2 Å². The Morgan fingerprint density at radius 2 is 1.85 bits per heavy atom. The lowest BCUT2D eigenvalue weighted by Crippen LogP contribution is -2.53. The highest BCUT2D eigenvalue weighted by atomic mass is 19.1. The lowest BCUT2D eigenvalue weighted by Gasteiger charge is -2.40. The minimum absolute atomic E-state index is 0.160. The van der Waals surface area contributed by atoms with E-state index in [9.17, 15) is 9.90 Å². The summed E-state index contributed by atoms with van der Waals surface area (Å²) < 4.78 is 26.2. The van der Waals surface area contributed by atoms with E-state index in [-0.39, 0.29) is 30.0 Å².